The predicted octanol–water partition coefficient (Wildman–Crippen LogP) is 3.76. The van der Waals surface area contributed by atoms with Gasteiger partial charge in [-0.3, -0.25) is 4.79 Å². The number of phenolic OH excluding ortho intramolecular Hbond substituents is 1. The van der Waals surface area contributed by atoms with Crippen LogP contribution in [0.15, 0.2) is 42.2 Å². The van der Waals surface area contributed by atoms with Gasteiger partial charge in [0.15, 0.2) is 0 Å². The molecule has 1 amide bonds. The maximum Gasteiger partial charge on any atom is 0.282 e. The molecule has 1 fully saturated rings. The number of alkyl halides is 2. The number of aliphatic hydroxyl groups excluding tert-OH is 1. The van der Waals surface area contributed by atoms with Crippen LogP contribution in [0.5, 0.6) is 5.75 Å². The van der Waals surface area contributed by atoms with Crippen molar-refractivity contribution in [3.8, 4) is 16.9 Å². The minimum atomic E-state index is -2.64. The first-order valence-corrected chi connectivity index (χ1v) is 8.07. The third-order valence-corrected chi connectivity index (χ3v) is 4.63. The molecule has 2 heterocycles. The Labute approximate surface area is 148 Å². The lowest BCUT2D eigenvalue weighted by molar-refractivity contribution is -0.110. The van der Waals surface area contributed by atoms with Gasteiger partial charge in [-0.2, -0.15) is 0 Å². The maximum absolute atomic E-state index is 13.0. The number of rotatable bonds is 2. The molecule has 5 nitrogen and oxygen atoms in total. The van der Waals surface area contributed by atoms with Crippen LogP contribution in [0.2, 0.25) is 0 Å². The van der Waals surface area contributed by atoms with Crippen LogP contribution >= 0.6 is 0 Å². The van der Waals surface area contributed by atoms with Crippen molar-refractivity contribution in [1.82, 2.24) is 0 Å². The molecule has 0 saturated carbocycles. The highest BCUT2D eigenvalue weighted by Crippen LogP contribution is 2.42. The second-order valence-corrected chi connectivity index (χ2v) is 6.59. The minimum Gasteiger partial charge on any atom is -0.512 e. The number of anilines is 2. The molecule has 3 N–H and O–H groups in total. The number of hydrogen-bond donors (Lipinski definition) is 3. The van der Waals surface area contributed by atoms with Crippen molar-refractivity contribution in [3.05, 3.63) is 47.7 Å². The Hall–Kier alpha value is -3.09. The van der Waals surface area contributed by atoms with Gasteiger partial charge in [0.2, 0.25) is 0 Å². The van der Waals surface area contributed by atoms with E-state index in [1.807, 2.05) is 0 Å². The van der Waals surface area contributed by atoms with Crippen molar-refractivity contribution in [3.63, 3.8) is 0 Å². The van der Waals surface area contributed by atoms with Crippen LogP contribution in [0.3, 0.4) is 0 Å². The Kier molecular flexibility index (Phi) is 3.44. The number of carbonyl (C=O) groups is 1. The Balaban J connectivity index is 1.69. The van der Waals surface area contributed by atoms with Gasteiger partial charge in [0.05, 0.1) is 24.4 Å². The van der Waals surface area contributed by atoms with Gasteiger partial charge in [0.25, 0.3) is 11.8 Å². The molecule has 0 radical (unpaired) electrons. The Morgan fingerprint density at radius 3 is 2.38 bits per heavy atom. The third-order valence-electron chi connectivity index (χ3n) is 4.63. The zero-order valence-corrected chi connectivity index (χ0v) is 13.9. The molecule has 0 atom stereocenters. The zero-order valence-electron chi connectivity index (χ0n) is 13.9. The standard InChI is InChI=1S/C19H16F2N2O3/c1-10(24)17-14-6-13(16(25)7-15(14)22-18(17)26)11-2-4-12(5-3-11)23-8-19(20,21)9-23/h2-7,24-25H,8-9H2,1H3,(H,22,26)/b17-10+. The summed E-state index contributed by atoms with van der Waals surface area (Å²) in [6, 6.07) is 9.95. The van der Waals surface area contributed by atoms with Gasteiger partial charge in [-0.25, -0.2) is 8.78 Å². The predicted molar refractivity (Wildman–Crippen MR) is 94.6 cm³/mol. The van der Waals surface area contributed by atoms with E-state index in [0.29, 0.717) is 28.1 Å². The Morgan fingerprint density at radius 1 is 1.15 bits per heavy atom. The number of nitrogens with zero attached hydrogens (tertiary/aromatic N) is 1. The van der Waals surface area contributed by atoms with E-state index in [1.54, 1.807) is 35.2 Å². The van der Waals surface area contributed by atoms with Crippen molar-refractivity contribution in [1.29, 1.82) is 0 Å². The fourth-order valence-electron chi connectivity index (χ4n) is 3.34. The van der Waals surface area contributed by atoms with E-state index in [0.717, 1.165) is 0 Å². The molecular formula is C19H16F2N2O3. The number of benzene rings is 2. The van der Waals surface area contributed by atoms with Gasteiger partial charge in [0.1, 0.15) is 11.5 Å². The zero-order chi connectivity index (χ0) is 18.6. The highest BCUT2D eigenvalue weighted by molar-refractivity contribution is 6.32. The smallest absolute Gasteiger partial charge is 0.282 e. The van der Waals surface area contributed by atoms with Crippen molar-refractivity contribution >= 4 is 22.9 Å². The van der Waals surface area contributed by atoms with Gasteiger partial charge in [0, 0.05) is 22.9 Å². The van der Waals surface area contributed by atoms with Crippen molar-refractivity contribution in [2.24, 2.45) is 0 Å². The summed E-state index contributed by atoms with van der Waals surface area (Å²) in [5.74, 6) is -3.19. The van der Waals surface area contributed by atoms with E-state index < -0.39 is 11.8 Å². The molecule has 134 valence electrons. The molecule has 1 saturated heterocycles. The number of hydrogen-bond acceptors (Lipinski definition) is 4. The van der Waals surface area contributed by atoms with Crippen molar-refractivity contribution in [2.75, 3.05) is 23.3 Å². The molecule has 2 aromatic carbocycles. The summed E-state index contributed by atoms with van der Waals surface area (Å²) in [6.45, 7) is 0.830. The van der Waals surface area contributed by atoms with E-state index in [4.69, 9.17) is 0 Å². The fourth-order valence-corrected chi connectivity index (χ4v) is 3.34. The van der Waals surface area contributed by atoms with Crippen LogP contribution in [0, 0.1) is 0 Å². The molecular weight excluding hydrogens is 342 g/mol. The number of fused-ring (bicyclic) bond motifs is 1. The van der Waals surface area contributed by atoms with Crippen LogP contribution in [0.4, 0.5) is 20.2 Å². The number of phenols is 1. The van der Waals surface area contributed by atoms with Crippen molar-refractivity contribution < 1.29 is 23.8 Å². The molecule has 7 heteroatoms. The van der Waals surface area contributed by atoms with Crippen LogP contribution in [0.25, 0.3) is 16.7 Å². The highest BCUT2D eigenvalue weighted by atomic mass is 19.3. The number of halogens is 2. The third kappa shape index (κ3) is 2.56. The first-order chi connectivity index (χ1) is 12.2. The SMILES string of the molecule is C/C(O)=C1\C(=O)Nc2cc(O)c(-c3ccc(N4CC(F)(F)C4)cc3)cc21. The Bertz CT molecular complexity index is 940. The van der Waals surface area contributed by atoms with Crippen LogP contribution < -0.4 is 10.2 Å². The number of allylic oxidation sites excluding steroid dienone is 1. The summed E-state index contributed by atoms with van der Waals surface area (Å²) >= 11 is 0. The average molecular weight is 358 g/mol. The lowest BCUT2D eigenvalue weighted by Crippen LogP contribution is -2.56. The van der Waals surface area contributed by atoms with Crippen LogP contribution in [-0.4, -0.2) is 35.1 Å². The molecule has 2 aliphatic rings. The van der Waals surface area contributed by atoms with E-state index in [9.17, 15) is 23.8 Å². The number of aliphatic hydroxyl groups is 1. The maximum atomic E-state index is 13.0. The number of aromatic hydroxyl groups is 1. The molecule has 2 aliphatic heterocycles. The second-order valence-electron chi connectivity index (χ2n) is 6.59. The van der Waals surface area contributed by atoms with Crippen LogP contribution in [0.1, 0.15) is 12.5 Å². The lowest BCUT2D eigenvalue weighted by Gasteiger charge is -2.40. The first kappa shape index (κ1) is 16.4. The van der Waals surface area contributed by atoms with E-state index in [2.05, 4.69) is 5.32 Å². The molecule has 0 spiro atoms. The summed E-state index contributed by atoms with van der Waals surface area (Å²) in [4.78, 5) is 13.5. The first-order valence-electron chi connectivity index (χ1n) is 8.07. The van der Waals surface area contributed by atoms with Gasteiger partial charge in [-0.05, 0) is 30.7 Å². The van der Waals surface area contributed by atoms with Gasteiger partial charge >= 0.3 is 0 Å². The summed E-state index contributed by atoms with van der Waals surface area (Å²) in [5.41, 5.74) is 2.95. The second kappa shape index (κ2) is 5.45. The van der Waals surface area contributed by atoms with Gasteiger partial charge < -0.3 is 20.4 Å². The molecule has 4 rings (SSSR count). The van der Waals surface area contributed by atoms with E-state index >= 15 is 0 Å². The van der Waals surface area contributed by atoms with Crippen LogP contribution in [-0.2, 0) is 4.79 Å². The Morgan fingerprint density at radius 2 is 1.81 bits per heavy atom. The molecule has 0 aromatic heterocycles. The lowest BCUT2D eigenvalue weighted by atomic mass is 9.97. The topological polar surface area (TPSA) is 72.8 Å². The molecule has 26 heavy (non-hydrogen) atoms. The number of amides is 1. The summed E-state index contributed by atoms with van der Waals surface area (Å²) in [7, 11) is 0. The largest absolute Gasteiger partial charge is 0.512 e. The fraction of sp³-hybridized carbons (Fsp3) is 0.211. The quantitative estimate of drug-likeness (QED) is 0.565. The van der Waals surface area contributed by atoms with Crippen molar-refractivity contribution in [2.45, 2.75) is 12.8 Å². The molecule has 2 aromatic rings. The van der Waals surface area contributed by atoms with Gasteiger partial charge in [-0.15, -0.1) is 0 Å². The molecule has 0 bridgehead atoms. The molecule has 0 unspecified atom stereocenters. The monoisotopic (exact) mass is 358 g/mol. The summed E-state index contributed by atoms with van der Waals surface area (Å²) < 4.78 is 26.0. The van der Waals surface area contributed by atoms with E-state index in [1.165, 1.54) is 13.0 Å². The van der Waals surface area contributed by atoms with E-state index in [-0.39, 0.29) is 30.2 Å². The number of nitrogens with one attached hydrogen (secondary N) is 1. The average Bonchev–Trinajstić information content (AvgIpc) is 2.86. The normalized spacial score (nSPS) is 19.7. The minimum absolute atomic E-state index is 0.0240. The summed E-state index contributed by atoms with van der Waals surface area (Å²) in [6.07, 6.45) is 0. The summed E-state index contributed by atoms with van der Waals surface area (Å²) in [5, 5.41) is 22.7. The highest BCUT2D eigenvalue weighted by Gasteiger charge is 2.43. The molecule has 0 aliphatic carbocycles. The number of carbonyl (C=O) groups excluding carboxylic acids is 1. The van der Waals surface area contributed by atoms with Gasteiger partial charge in [-0.1, -0.05) is 12.1 Å².